The average molecular weight is 333 g/mol. The van der Waals surface area contributed by atoms with E-state index < -0.39 is 0 Å². The summed E-state index contributed by atoms with van der Waals surface area (Å²) in [4.78, 5) is 4.37. The van der Waals surface area contributed by atoms with E-state index in [0.29, 0.717) is 0 Å². The van der Waals surface area contributed by atoms with E-state index in [-0.39, 0.29) is 0 Å². The Morgan fingerprint density at radius 3 is 2.62 bits per heavy atom. The van der Waals surface area contributed by atoms with Gasteiger partial charge in [-0.3, -0.25) is 4.98 Å². The van der Waals surface area contributed by atoms with Gasteiger partial charge in [0.2, 0.25) is 0 Å². The number of thioether (sulfide) groups is 1. The van der Waals surface area contributed by atoms with E-state index >= 15 is 0 Å². The highest BCUT2D eigenvalue weighted by Gasteiger charge is 2.15. The zero-order valence-corrected chi connectivity index (χ0v) is 13.9. The van der Waals surface area contributed by atoms with Crippen LogP contribution in [0.2, 0.25) is 0 Å². The Hall–Kier alpha value is -2.73. The van der Waals surface area contributed by atoms with Gasteiger partial charge in [-0.1, -0.05) is 36.0 Å². The molecule has 0 bridgehead atoms. The van der Waals surface area contributed by atoms with Crippen molar-refractivity contribution in [1.29, 1.82) is 0 Å². The second-order valence-corrected chi connectivity index (χ2v) is 6.32. The van der Waals surface area contributed by atoms with Gasteiger partial charge in [-0.2, -0.15) is 10.2 Å². The third-order valence-corrected chi connectivity index (χ3v) is 4.72. The molecule has 5 nitrogen and oxygen atoms in total. The van der Waals surface area contributed by atoms with Gasteiger partial charge >= 0.3 is 0 Å². The monoisotopic (exact) mass is 333 g/mol. The van der Waals surface area contributed by atoms with Crippen LogP contribution in [0.4, 0.5) is 0 Å². The predicted molar refractivity (Wildman–Crippen MR) is 95.2 cm³/mol. The maximum Gasteiger partial charge on any atom is 0.146 e. The van der Waals surface area contributed by atoms with Gasteiger partial charge in [-0.05, 0) is 31.2 Å². The van der Waals surface area contributed by atoms with Gasteiger partial charge < -0.3 is 0 Å². The number of para-hydroxylation sites is 1. The van der Waals surface area contributed by atoms with E-state index in [1.165, 1.54) is 0 Å². The van der Waals surface area contributed by atoms with E-state index in [9.17, 15) is 0 Å². The molecule has 0 saturated carbocycles. The molecule has 24 heavy (non-hydrogen) atoms. The van der Waals surface area contributed by atoms with Crippen LogP contribution in [0.5, 0.6) is 0 Å². The molecular weight excluding hydrogens is 318 g/mol. The third kappa shape index (κ3) is 2.76. The van der Waals surface area contributed by atoms with Crippen molar-refractivity contribution in [2.24, 2.45) is 0 Å². The highest BCUT2D eigenvalue weighted by atomic mass is 32.2. The molecular formula is C18H15N5S. The molecule has 0 N–H and O–H groups in total. The minimum atomic E-state index is 0.744. The minimum Gasteiger partial charge on any atom is -0.260 e. The number of pyridine rings is 1. The Morgan fingerprint density at radius 2 is 1.83 bits per heavy atom. The molecule has 0 spiro atoms. The molecule has 0 fully saturated rings. The van der Waals surface area contributed by atoms with Crippen molar-refractivity contribution in [3.05, 3.63) is 72.3 Å². The Bertz CT molecular complexity index is 967. The normalized spacial score (nSPS) is 11.0. The van der Waals surface area contributed by atoms with Gasteiger partial charge in [-0.25, -0.2) is 4.68 Å². The molecule has 0 unspecified atom stereocenters. The first-order chi connectivity index (χ1) is 11.8. The second-order valence-electron chi connectivity index (χ2n) is 5.35. The summed E-state index contributed by atoms with van der Waals surface area (Å²) in [7, 11) is 0. The number of hydrogen-bond donors (Lipinski definition) is 0. The number of fused-ring (bicyclic) bond motifs is 1. The quantitative estimate of drug-likeness (QED) is 0.532. The lowest BCUT2D eigenvalue weighted by Gasteiger charge is -2.07. The van der Waals surface area contributed by atoms with Crippen molar-refractivity contribution in [3.8, 4) is 5.69 Å². The van der Waals surface area contributed by atoms with Crippen LogP contribution in [0.3, 0.4) is 0 Å². The van der Waals surface area contributed by atoms with Crippen molar-refractivity contribution < 1.29 is 0 Å². The van der Waals surface area contributed by atoms with E-state index in [0.717, 1.165) is 38.8 Å². The molecule has 0 aliphatic carbocycles. The zero-order valence-electron chi connectivity index (χ0n) is 13.1. The van der Waals surface area contributed by atoms with Crippen LogP contribution in [0.15, 0.2) is 66.0 Å². The summed E-state index contributed by atoms with van der Waals surface area (Å²) in [6, 6.07) is 16.0. The summed E-state index contributed by atoms with van der Waals surface area (Å²) < 4.78 is 1.93. The molecule has 1 aromatic carbocycles. The van der Waals surface area contributed by atoms with Gasteiger partial charge in [-0.15, -0.1) is 5.10 Å². The van der Waals surface area contributed by atoms with Crippen molar-refractivity contribution in [2.45, 2.75) is 17.7 Å². The minimum absolute atomic E-state index is 0.744. The molecule has 4 aromatic rings. The number of hydrogen-bond acceptors (Lipinski definition) is 5. The fourth-order valence-corrected chi connectivity index (χ4v) is 3.42. The molecule has 0 aliphatic rings. The predicted octanol–water partition coefficient (Wildman–Crippen LogP) is 3.81. The number of rotatable bonds is 4. The topological polar surface area (TPSA) is 56.5 Å². The molecule has 0 atom stereocenters. The van der Waals surface area contributed by atoms with Gasteiger partial charge in [0.15, 0.2) is 0 Å². The largest absolute Gasteiger partial charge is 0.260 e. The van der Waals surface area contributed by atoms with E-state index in [4.69, 9.17) is 0 Å². The summed E-state index contributed by atoms with van der Waals surface area (Å²) in [6.07, 6.45) is 3.66. The van der Waals surface area contributed by atoms with Crippen LogP contribution in [0, 0.1) is 6.92 Å². The molecule has 0 radical (unpaired) electrons. The number of nitrogens with zero attached hydrogens (tertiary/aromatic N) is 5. The van der Waals surface area contributed by atoms with E-state index in [1.54, 1.807) is 18.0 Å². The first kappa shape index (κ1) is 14.8. The number of aryl methyl sites for hydroxylation is 1. The lowest BCUT2D eigenvalue weighted by molar-refractivity contribution is 0.867. The Kier molecular flexibility index (Phi) is 3.96. The summed E-state index contributed by atoms with van der Waals surface area (Å²) >= 11 is 1.63. The van der Waals surface area contributed by atoms with E-state index in [2.05, 4.69) is 20.3 Å². The number of benzene rings is 1. The van der Waals surface area contributed by atoms with Crippen LogP contribution in [0.25, 0.3) is 16.6 Å². The molecule has 4 rings (SSSR count). The first-order valence-electron chi connectivity index (χ1n) is 7.62. The highest BCUT2D eigenvalue weighted by molar-refractivity contribution is 7.98. The van der Waals surface area contributed by atoms with Crippen molar-refractivity contribution in [1.82, 2.24) is 25.0 Å². The Labute approximate surface area is 143 Å². The number of aromatic nitrogens is 5. The fraction of sp³-hybridized carbons (Fsp3) is 0.111. The maximum atomic E-state index is 4.55. The van der Waals surface area contributed by atoms with Gasteiger partial charge in [0.05, 0.1) is 23.3 Å². The molecule has 0 saturated heterocycles. The Balaban J connectivity index is 1.78. The van der Waals surface area contributed by atoms with Crippen LogP contribution in [-0.2, 0) is 5.75 Å². The van der Waals surface area contributed by atoms with Crippen molar-refractivity contribution in [3.63, 3.8) is 0 Å². The van der Waals surface area contributed by atoms with Crippen LogP contribution in [0.1, 0.15) is 11.4 Å². The second kappa shape index (κ2) is 6.41. The Morgan fingerprint density at radius 1 is 1.00 bits per heavy atom. The van der Waals surface area contributed by atoms with Crippen LogP contribution < -0.4 is 0 Å². The SMILES string of the molecule is Cc1nnc(SCc2ccccn2)c2c1cnn2-c1ccccc1. The molecule has 0 amide bonds. The maximum absolute atomic E-state index is 4.55. The van der Waals surface area contributed by atoms with Crippen molar-refractivity contribution in [2.75, 3.05) is 0 Å². The standard InChI is InChI=1S/C18H15N5S/c1-13-16-11-20-23(15-8-3-2-4-9-15)17(16)18(22-21-13)24-12-14-7-5-6-10-19-14/h2-11H,12H2,1H3. The van der Waals surface area contributed by atoms with Crippen LogP contribution >= 0.6 is 11.8 Å². The molecule has 3 heterocycles. The smallest absolute Gasteiger partial charge is 0.146 e. The highest BCUT2D eigenvalue weighted by Crippen LogP contribution is 2.30. The molecule has 0 aliphatic heterocycles. The summed E-state index contributed by atoms with van der Waals surface area (Å²) in [6.45, 7) is 1.96. The summed E-state index contributed by atoms with van der Waals surface area (Å²) in [5, 5.41) is 15.1. The third-order valence-electron chi connectivity index (χ3n) is 3.74. The van der Waals surface area contributed by atoms with Gasteiger partial charge in [0, 0.05) is 17.3 Å². The molecule has 118 valence electrons. The molecule has 6 heteroatoms. The average Bonchev–Trinajstić information content (AvgIpc) is 3.09. The first-order valence-corrected chi connectivity index (χ1v) is 8.60. The summed E-state index contributed by atoms with van der Waals surface area (Å²) in [5.74, 6) is 0.744. The molecule has 3 aromatic heterocycles. The van der Waals surface area contributed by atoms with Crippen LogP contribution in [-0.4, -0.2) is 25.0 Å². The fourth-order valence-electron chi connectivity index (χ4n) is 2.53. The van der Waals surface area contributed by atoms with E-state index in [1.807, 2.05) is 66.3 Å². The van der Waals surface area contributed by atoms with Crippen molar-refractivity contribution >= 4 is 22.7 Å². The summed E-state index contributed by atoms with van der Waals surface area (Å²) in [5.41, 5.74) is 3.91. The van der Waals surface area contributed by atoms with Gasteiger partial charge in [0.25, 0.3) is 0 Å². The zero-order chi connectivity index (χ0) is 16.4. The van der Waals surface area contributed by atoms with Gasteiger partial charge in [0.1, 0.15) is 10.5 Å². The lowest BCUT2D eigenvalue weighted by Crippen LogP contribution is -2.00. The lowest BCUT2D eigenvalue weighted by atomic mass is 10.3.